The van der Waals surface area contributed by atoms with E-state index in [0.717, 1.165) is 43.0 Å². The molecular formula is C28H31ClF4N8O3. The molecule has 0 unspecified atom stereocenters. The first kappa shape index (κ1) is 31.4. The van der Waals surface area contributed by atoms with Crippen LogP contribution in [0.15, 0.2) is 30.6 Å². The number of imidazole rings is 1. The third kappa shape index (κ3) is 6.58. The maximum atomic E-state index is 13.6. The molecule has 3 aromatic rings. The lowest BCUT2D eigenvalue weighted by Crippen LogP contribution is -2.52. The van der Waals surface area contributed by atoms with Crippen molar-refractivity contribution in [2.24, 2.45) is 13.0 Å². The van der Waals surface area contributed by atoms with Crippen molar-refractivity contribution in [1.29, 1.82) is 0 Å². The summed E-state index contributed by atoms with van der Waals surface area (Å²) in [6.07, 6.45) is -1.02. The highest BCUT2D eigenvalue weighted by molar-refractivity contribution is 6.34. The van der Waals surface area contributed by atoms with Gasteiger partial charge in [0.15, 0.2) is 11.5 Å². The van der Waals surface area contributed by atoms with Gasteiger partial charge in [-0.2, -0.15) is 18.3 Å². The Morgan fingerprint density at radius 1 is 1.09 bits per heavy atom. The van der Waals surface area contributed by atoms with Crippen LogP contribution in [0.2, 0.25) is 5.02 Å². The fourth-order valence-corrected chi connectivity index (χ4v) is 5.73. The van der Waals surface area contributed by atoms with Gasteiger partial charge >= 0.3 is 6.18 Å². The number of carbonyl (C=O) groups excluding carboxylic acids is 3. The first-order valence-electron chi connectivity index (χ1n) is 14.1. The van der Waals surface area contributed by atoms with Gasteiger partial charge in [0.05, 0.1) is 34.6 Å². The summed E-state index contributed by atoms with van der Waals surface area (Å²) >= 11 is 6.42. The standard InChI is InChI=1S/C28H31ClF4N8O3/c1-38-22(20-16-41(9-6-30)37-23(20)28(31,32)33)15-35-24(38)25(42)36-18-2-3-19(21(29)14-18)27(44)40-12-10-39(11-13-40)26(43)17-4-7-34-8-5-17/h2-3,14-17,34H,4-13H2,1H3,(H,36,42). The SMILES string of the molecule is Cn1c(-c2cn(CCF)nc2C(F)(F)F)cnc1C(=O)Nc1ccc(C(=O)N2CCN(C(=O)C3CCNCC3)CC2)c(Cl)c1. The van der Waals surface area contributed by atoms with E-state index in [-0.39, 0.29) is 57.6 Å². The van der Waals surface area contributed by atoms with Crippen LogP contribution in [0.1, 0.15) is 39.5 Å². The lowest BCUT2D eigenvalue weighted by molar-refractivity contribution is -0.141. The van der Waals surface area contributed by atoms with Crippen molar-refractivity contribution in [3.63, 3.8) is 0 Å². The number of halogens is 5. The third-order valence-electron chi connectivity index (χ3n) is 7.84. The van der Waals surface area contributed by atoms with Gasteiger partial charge in [-0.3, -0.25) is 19.1 Å². The molecule has 1 aromatic carbocycles. The second-order valence-corrected chi connectivity index (χ2v) is 11.1. The van der Waals surface area contributed by atoms with Crippen LogP contribution >= 0.6 is 11.6 Å². The number of benzene rings is 1. The Morgan fingerprint density at radius 3 is 2.41 bits per heavy atom. The summed E-state index contributed by atoms with van der Waals surface area (Å²) in [7, 11) is 1.37. The zero-order chi connectivity index (χ0) is 31.6. The van der Waals surface area contributed by atoms with Crippen LogP contribution in [0.5, 0.6) is 0 Å². The molecule has 2 aliphatic heterocycles. The average Bonchev–Trinajstić information content (AvgIpc) is 3.60. The maximum Gasteiger partial charge on any atom is 0.435 e. The number of nitrogens with one attached hydrogen (secondary N) is 2. The van der Waals surface area contributed by atoms with E-state index in [4.69, 9.17) is 11.6 Å². The summed E-state index contributed by atoms with van der Waals surface area (Å²) < 4.78 is 55.6. The molecule has 0 saturated carbocycles. The van der Waals surface area contributed by atoms with E-state index in [2.05, 4.69) is 20.7 Å². The van der Waals surface area contributed by atoms with Crippen molar-refractivity contribution in [3.05, 3.63) is 52.7 Å². The molecule has 0 atom stereocenters. The Balaban J connectivity index is 1.24. The Labute approximate surface area is 255 Å². The molecule has 2 aromatic heterocycles. The summed E-state index contributed by atoms with van der Waals surface area (Å²) in [5.74, 6) is -1.09. The van der Waals surface area contributed by atoms with E-state index in [9.17, 15) is 31.9 Å². The summed E-state index contributed by atoms with van der Waals surface area (Å²) in [6.45, 7) is 2.00. The van der Waals surface area contributed by atoms with Gasteiger partial charge in [0.1, 0.15) is 6.67 Å². The Hall–Kier alpha value is -3.98. The van der Waals surface area contributed by atoms with E-state index < -0.39 is 24.5 Å². The summed E-state index contributed by atoms with van der Waals surface area (Å²) in [5, 5.41) is 9.39. The molecule has 3 amide bonds. The maximum absolute atomic E-state index is 13.6. The van der Waals surface area contributed by atoms with Crippen molar-refractivity contribution in [2.45, 2.75) is 25.6 Å². The molecule has 0 aliphatic carbocycles. The highest BCUT2D eigenvalue weighted by Crippen LogP contribution is 2.36. The largest absolute Gasteiger partial charge is 0.435 e. The number of rotatable bonds is 7. The van der Waals surface area contributed by atoms with Gasteiger partial charge in [0, 0.05) is 51.0 Å². The van der Waals surface area contributed by atoms with Crippen LogP contribution in [-0.4, -0.2) is 92.8 Å². The predicted molar refractivity (Wildman–Crippen MR) is 153 cm³/mol. The van der Waals surface area contributed by atoms with Crippen molar-refractivity contribution < 1.29 is 31.9 Å². The zero-order valence-electron chi connectivity index (χ0n) is 23.8. The average molecular weight is 639 g/mol. The summed E-state index contributed by atoms with van der Waals surface area (Å²) in [4.78, 5) is 46.5. The van der Waals surface area contributed by atoms with E-state index in [0.29, 0.717) is 26.2 Å². The molecule has 0 spiro atoms. The van der Waals surface area contributed by atoms with Crippen LogP contribution in [-0.2, 0) is 24.6 Å². The number of aromatic nitrogens is 4. The molecule has 5 rings (SSSR count). The molecule has 236 valence electrons. The molecular weight excluding hydrogens is 608 g/mol. The normalized spacial score (nSPS) is 16.3. The highest BCUT2D eigenvalue weighted by atomic mass is 35.5. The van der Waals surface area contributed by atoms with Crippen LogP contribution in [0.25, 0.3) is 11.3 Å². The Morgan fingerprint density at radius 2 is 1.77 bits per heavy atom. The highest BCUT2D eigenvalue weighted by Gasteiger charge is 2.38. The van der Waals surface area contributed by atoms with Crippen molar-refractivity contribution >= 4 is 35.0 Å². The zero-order valence-corrected chi connectivity index (χ0v) is 24.6. The van der Waals surface area contributed by atoms with Gasteiger partial charge in [-0.05, 0) is 44.1 Å². The number of aryl methyl sites for hydroxylation is 1. The van der Waals surface area contributed by atoms with Gasteiger partial charge in [-0.1, -0.05) is 11.6 Å². The number of hydrogen-bond acceptors (Lipinski definition) is 6. The smallest absolute Gasteiger partial charge is 0.339 e. The molecule has 2 N–H and O–H groups in total. The van der Waals surface area contributed by atoms with E-state index in [1.807, 2.05) is 4.90 Å². The quantitative estimate of drug-likeness (QED) is 0.383. The molecule has 44 heavy (non-hydrogen) atoms. The molecule has 0 radical (unpaired) electrons. The van der Waals surface area contributed by atoms with E-state index in [1.54, 1.807) is 4.90 Å². The van der Waals surface area contributed by atoms with E-state index >= 15 is 0 Å². The number of carbonyl (C=O) groups is 3. The lowest BCUT2D eigenvalue weighted by atomic mass is 9.96. The number of piperidine rings is 1. The molecule has 2 aliphatic rings. The second kappa shape index (κ2) is 12.9. The van der Waals surface area contributed by atoms with Crippen LogP contribution in [0.3, 0.4) is 0 Å². The molecule has 11 nitrogen and oxygen atoms in total. The Bertz CT molecular complexity index is 1540. The number of anilines is 1. The van der Waals surface area contributed by atoms with E-state index in [1.165, 1.54) is 29.8 Å². The van der Waals surface area contributed by atoms with Crippen molar-refractivity contribution in [3.8, 4) is 11.3 Å². The van der Waals surface area contributed by atoms with Gasteiger partial charge in [0.2, 0.25) is 5.91 Å². The minimum Gasteiger partial charge on any atom is -0.339 e. The van der Waals surface area contributed by atoms with Gasteiger partial charge in [0.25, 0.3) is 11.8 Å². The summed E-state index contributed by atoms with van der Waals surface area (Å²) in [5.41, 5.74) is -1.13. The molecule has 16 heteroatoms. The minimum absolute atomic E-state index is 0.0110. The Kier molecular flexibility index (Phi) is 9.25. The number of nitrogens with zero attached hydrogens (tertiary/aromatic N) is 6. The number of amides is 3. The lowest BCUT2D eigenvalue weighted by Gasteiger charge is -2.37. The first-order chi connectivity index (χ1) is 21.0. The number of hydrogen-bond donors (Lipinski definition) is 2. The monoisotopic (exact) mass is 638 g/mol. The van der Waals surface area contributed by atoms with Crippen molar-refractivity contribution in [2.75, 3.05) is 51.3 Å². The predicted octanol–water partition coefficient (Wildman–Crippen LogP) is 3.46. The van der Waals surface area contributed by atoms with Crippen LogP contribution in [0.4, 0.5) is 23.2 Å². The fourth-order valence-electron chi connectivity index (χ4n) is 5.47. The molecule has 4 heterocycles. The van der Waals surface area contributed by atoms with Crippen molar-refractivity contribution in [1.82, 2.24) is 34.4 Å². The van der Waals surface area contributed by atoms with Crippen LogP contribution in [0, 0.1) is 5.92 Å². The number of alkyl halides is 4. The van der Waals surface area contributed by atoms with Gasteiger partial charge in [-0.15, -0.1) is 0 Å². The topological polar surface area (TPSA) is 117 Å². The van der Waals surface area contributed by atoms with Gasteiger partial charge in [-0.25, -0.2) is 9.37 Å². The first-order valence-corrected chi connectivity index (χ1v) is 14.5. The van der Waals surface area contributed by atoms with Gasteiger partial charge < -0.3 is 25.0 Å². The molecule has 2 fully saturated rings. The van der Waals surface area contributed by atoms with Crippen LogP contribution < -0.4 is 10.6 Å². The second-order valence-electron chi connectivity index (χ2n) is 10.7. The fraction of sp³-hybridized carbons (Fsp3) is 0.464. The summed E-state index contributed by atoms with van der Waals surface area (Å²) in [6, 6.07) is 4.36. The number of piperazine rings is 1. The molecule has 2 saturated heterocycles. The third-order valence-corrected chi connectivity index (χ3v) is 8.15. The minimum atomic E-state index is -4.81. The molecule has 0 bridgehead atoms.